The average Bonchev–Trinajstić information content (AvgIpc) is 3.49. The maximum atomic E-state index is 12.5. The Hall–Kier alpha value is -2.88. The molecule has 8 nitrogen and oxygen atoms in total. The van der Waals surface area contributed by atoms with Gasteiger partial charge in [0.15, 0.2) is 0 Å². The molecule has 2 N–H and O–H groups in total. The molecule has 0 bridgehead atoms. The van der Waals surface area contributed by atoms with Gasteiger partial charge in [-0.3, -0.25) is 20.5 Å². The van der Waals surface area contributed by atoms with Crippen LogP contribution < -0.4 is 10.6 Å². The van der Waals surface area contributed by atoms with E-state index in [1.807, 2.05) is 35.7 Å². The quantitative estimate of drug-likeness (QED) is 0.542. The van der Waals surface area contributed by atoms with E-state index in [9.17, 15) is 4.79 Å². The van der Waals surface area contributed by atoms with Crippen LogP contribution in [0.1, 0.15) is 31.9 Å². The average molecular weight is 478 g/mol. The molecule has 5 rings (SSSR count). The second-order valence-electron chi connectivity index (χ2n) is 9.26. The van der Waals surface area contributed by atoms with E-state index in [0.29, 0.717) is 11.6 Å². The van der Waals surface area contributed by atoms with Gasteiger partial charge >= 0.3 is 6.03 Å². The molecule has 2 aliphatic rings. The van der Waals surface area contributed by atoms with Crippen LogP contribution in [0.25, 0.3) is 10.6 Å². The third kappa shape index (κ3) is 5.78. The molecule has 0 aliphatic carbocycles. The Kier molecular flexibility index (Phi) is 7.13. The summed E-state index contributed by atoms with van der Waals surface area (Å²) in [7, 11) is 0. The van der Waals surface area contributed by atoms with Crippen LogP contribution in [-0.2, 0) is 6.54 Å². The highest BCUT2D eigenvalue weighted by atomic mass is 32.1. The third-order valence-corrected chi connectivity index (χ3v) is 7.53. The minimum atomic E-state index is -0.350. The number of amides is 2. The molecule has 1 atom stereocenters. The number of carbonyl (C=O) groups is 1. The van der Waals surface area contributed by atoms with Gasteiger partial charge in [-0.15, -0.1) is 11.3 Å². The zero-order valence-corrected chi connectivity index (χ0v) is 20.3. The summed E-state index contributed by atoms with van der Waals surface area (Å²) in [6.07, 6.45) is 7.24. The van der Waals surface area contributed by atoms with E-state index in [2.05, 4.69) is 42.3 Å². The van der Waals surface area contributed by atoms with Gasteiger partial charge in [0.1, 0.15) is 16.6 Å². The lowest BCUT2D eigenvalue weighted by atomic mass is 10.0. The van der Waals surface area contributed by atoms with Gasteiger partial charge in [-0.1, -0.05) is 13.0 Å². The number of thiazole rings is 1. The number of pyridine rings is 2. The van der Waals surface area contributed by atoms with E-state index >= 15 is 0 Å². The Labute approximate surface area is 204 Å². The second kappa shape index (κ2) is 10.6. The molecule has 178 valence electrons. The van der Waals surface area contributed by atoms with Crippen molar-refractivity contribution in [3.8, 4) is 10.6 Å². The standard InChI is InChI=1S/C25H31N7OS/c1-18-7-14-32(15-18)21-8-12-31(13-9-21)16-20-3-2-4-22(27-20)29-25(33)30-23-17-34-24(28-23)19-5-10-26-11-6-19/h2-6,10-11,17-18,21H,7-9,12-16H2,1H3,(H2,27,29,30,33)/t18-/m0/s1. The van der Waals surface area contributed by atoms with Crippen molar-refractivity contribution in [2.75, 3.05) is 36.8 Å². The summed E-state index contributed by atoms with van der Waals surface area (Å²) in [6.45, 7) is 7.88. The van der Waals surface area contributed by atoms with E-state index in [4.69, 9.17) is 0 Å². The topological polar surface area (TPSA) is 86.3 Å². The summed E-state index contributed by atoms with van der Waals surface area (Å²) < 4.78 is 0. The Morgan fingerprint density at radius 1 is 1.03 bits per heavy atom. The van der Waals surface area contributed by atoms with E-state index in [0.717, 1.165) is 47.9 Å². The number of likely N-dealkylation sites (tertiary alicyclic amines) is 2. The lowest BCUT2D eigenvalue weighted by Crippen LogP contribution is -2.43. The first kappa shape index (κ1) is 22.9. The molecule has 3 aromatic rings. The van der Waals surface area contributed by atoms with Gasteiger partial charge in [-0.25, -0.2) is 14.8 Å². The number of hydrogen-bond donors (Lipinski definition) is 2. The van der Waals surface area contributed by atoms with Crippen LogP contribution in [0, 0.1) is 5.92 Å². The summed E-state index contributed by atoms with van der Waals surface area (Å²) >= 11 is 1.48. The van der Waals surface area contributed by atoms with Gasteiger partial charge in [0.25, 0.3) is 0 Å². The van der Waals surface area contributed by atoms with Crippen molar-refractivity contribution in [3.63, 3.8) is 0 Å². The highest BCUT2D eigenvalue weighted by molar-refractivity contribution is 7.13. The number of urea groups is 1. The van der Waals surface area contributed by atoms with Gasteiger partial charge < -0.3 is 4.90 Å². The van der Waals surface area contributed by atoms with Crippen LogP contribution in [-0.4, -0.2) is 63.0 Å². The maximum absolute atomic E-state index is 12.5. The molecule has 0 saturated carbocycles. The molecule has 0 spiro atoms. The minimum absolute atomic E-state index is 0.350. The van der Waals surface area contributed by atoms with E-state index in [1.54, 1.807) is 12.4 Å². The first-order chi connectivity index (χ1) is 16.6. The first-order valence-corrected chi connectivity index (χ1v) is 12.9. The number of hydrogen-bond acceptors (Lipinski definition) is 7. The lowest BCUT2D eigenvalue weighted by Gasteiger charge is -2.36. The summed E-state index contributed by atoms with van der Waals surface area (Å²) in [4.78, 5) is 30.8. The monoisotopic (exact) mass is 477 g/mol. The van der Waals surface area contributed by atoms with Gasteiger partial charge in [0.05, 0.1) is 5.69 Å². The summed E-state index contributed by atoms with van der Waals surface area (Å²) in [5.41, 5.74) is 1.95. The Balaban J connectivity index is 1.11. The number of carbonyl (C=O) groups excluding carboxylic acids is 1. The van der Waals surface area contributed by atoms with Crippen molar-refractivity contribution < 1.29 is 4.79 Å². The van der Waals surface area contributed by atoms with Gasteiger partial charge in [-0.05, 0) is 56.0 Å². The molecule has 2 saturated heterocycles. The fraction of sp³-hybridized carbons (Fsp3) is 0.440. The Bertz CT molecular complexity index is 1100. The highest BCUT2D eigenvalue weighted by Gasteiger charge is 2.29. The van der Waals surface area contributed by atoms with Crippen LogP contribution in [0.2, 0.25) is 0 Å². The summed E-state index contributed by atoms with van der Waals surface area (Å²) in [6, 6.07) is 9.96. The van der Waals surface area contributed by atoms with E-state index in [1.165, 1.54) is 43.7 Å². The first-order valence-electron chi connectivity index (χ1n) is 12.0. The number of nitrogens with one attached hydrogen (secondary N) is 2. The van der Waals surface area contributed by atoms with Gasteiger partial charge in [-0.2, -0.15) is 0 Å². The SMILES string of the molecule is C[C@H]1CCN(C2CCN(Cc3cccc(NC(=O)Nc4csc(-c5ccncc5)n4)n3)CC2)C1. The Morgan fingerprint density at radius 2 is 1.82 bits per heavy atom. The van der Waals surface area contributed by atoms with Crippen LogP contribution in [0.3, 0.4) is 0 Å². The molecular weight excluding hydrogens is 446 g/mol. The zero-order chi connectivity index (χ0) is 23.3. The van der Waals surface area contributed by atoms with Crippen molar-refractivity contribution in [2.45, 2.75) is 38.8 Å². The molecule has 2 aliphatic heterocycles. The van der Waals surface area contributed by atoms with E-state index < -0.39 is 0 Å². The molecule has 2 fully saturated rings. The van der Waals surface area contributed by atoms with E-state index in [-0.39, 0.29) is 6.03 Å². The van der Waals surface area contributed by atoms with Crippen LogP contribution >= 0.6 is 11.3 Å². The largest absolute Gasteiger partial charge is 0.326 e. The molecule has 2 amide bonds. The number of piperidine rings is 1. The Morgan fingerprint density at radius 3 is 2.59 bits per heavy atom. The fourth-order valence-electron chi connectivity index (χ4n) is 4.83. The zero-order valence-electron chi connectivity index (χ0n) is 19.5. The van der Waals surface area contributed by atoms with Crippen LogP contribution in [0.15, 0.2) is 48.1 Å². The predicted molar refractivity (Wildman–Crippen MR) is 136 cm³/mol. The molecule has 5 heterocycles. The van der Waals surface area contributed by atoms with Crippen LogP contribution in [0.5, 0.6) is 0 Å². The number of anilines is 2. The molecule has 0 unspecified atom stereocenters. The molecule has 34 heavy (non-hydrogen) atoms. The van der Waals surface area contributed by atoms with Gasteiger partial charge in [0, 0.05) is 55.6 Å². The number of rotatable bonds is 6. The molecule has 9 heteroatoms. The van der Waals surface area contributed by atoms with Crippen LogP contribution in [0.4, 0.5) is 16.4 Å². The van der Waals surface area contributed by atoms with Crippen molar-refractivity contribution in [1.82, 2.24) is 24.8 Å². The molecule has 0 aromatic carbocycles. The van der Waals surface area contributed by atoms with Crippen molar-refractivity contribution in [2.24, 2.45) is 5.92 Å². The predicted octanol–water partition coefficient (Wildman–Crippen LogP) is 4.55. The molecule has 3 aromatic heterocycles. The molecule has 0 radical (unpaired) electrons. The number of aromatic nitrogens is 3. The fourth-order valence-corrected chi connectivity index (χ4v) is 5.59. The second-order valence-corrected chi connectivity index (χ2v) is 10.1. The normalized spacial score (nSPS) is 19.9. The third-order valence-electron chi connectivity index (χ3n) is 6.64. The summed E-state index contributed by atoms with van der Waals surface area (Å²) in [5.74, 6) is 1.90. The molecular formula is C25H31N7OS. The highest BCUT2D eigenvalue weighted by Crippen LogP contribution is 2.26. The van der Waals surface area contributed by atoms with Crippen molar-refractivity contribution in [1.29, 1.82) is 0 Å². The minimum Gasteiger partial charge on any atom is -0.300 e. The van der Waals surface area contributed by atoms with Crippen molar-refractivity contribution in [3.05, 3.63) is 53.8 Å². The number of nitrogens with zero attached hydrogens (tertiary/aromatic N) is 5. The summed E-state index contributed by atoms with van der Waals surface area (Å²) in [5, 5.41) is 8.29. The maximum Gasteiger partial charge on any atom is 0.326 e. The van der Waals surface area contributed by atoms with Crippen molar-refractivity contribution >= 4 is 29.0 Å². The smallest absolute Gasteiger partial charge is 0.300 e. The lowest BCUT2D eigenvalue weighted by molar-refractivity contribution is 0.119. The van der Waals surface area contributed by atoms with Gasteiger partial charge in [0.2, 0.25) is 0 Å².